The number of nitrogens with zero attached hydrogens (tertiary/aromatic N) is 2. The number of fused-ring (bicyclic) bond motifs is 2. The van der Waals surface area contributed by atoms with Crippen molar-refractivity contribution in [2.24, 2.45) is 0 Å². The lowest BCUT2D eigenvalue weighted by molar-refractivity contribution is 0.0816. The van der Waals surface area contributed by atoms with Crippen LogP contribution in [-0.4, -0.2) is 41.4 Å². The van der Waals surface area contributed by atoms with Gasteiger partial charge in [0.15, 0.2) is 11.5 Å². The Morgan fingerprint density at radius 3 is 2.71 bits per heavy atom. The van der Waals surface area contributed by atoms with Crippen molar-refractivity contribution in [3.8, 4) is 23.8 Å². The minimum Gasteiger partial charge on any atom is -0.493 e. The van der Waals surface area contributed by atoms with Gasteiger partial charge in [0.2, 0.25) is 0 Å². The lowest BCUT2D eigenvalue weighted by Crippen LogP contribution is -2.34. The minimum absolute atomic E-state index is 0.0106. The highest BCUT2D eigenvalue weighted by molar-refractivity contribution is 8.04. The van der Waals surface area contributed by atoms with Crippen LogP contribution in [0.5, 0.6) is 11.5 Å². The van der Waals surface area contributed by atoms with Gasteiger partial charge in [-0.15, -0.1) is 18.2 Å². The lowest BCUT2D eigenvalue weighted by atomic mass is 9.99. The van der Waals surface area contributed by atoms with Gasteiger partial charge >= 0.3 is 0 Å². The molecule has 0 bridgehead atoms. The van der Waals surface area contributed by atoms with Crippen molar-refractivity contribution in [3.05, 3.63) is 82.0 Å². The predicted molar refractivity (Wildman–Crippen MR) is 142 cm³/mol. The molecule has 178 valence electrons. The molecule has 2 aliphatic rings. The van der Waals surface area contributed by atoms with Gasteiger partial charge in [-0.25, -0.2) is 0 Å². The van der Waals surface area contributed by atoms with Crippen molar-refractivity contribution < 1.29 is 14.3 Å². The summed E-state index contributed by atoms with van der Waals surface area (Å²) in [6.45, 7) is 3.43. The summed E-state index contributed by atoms with van der Waals surface area (Å²) in [7, 11) is 3.26. The van der Waals surface area contributed by atoms with E-state index in [-0.39, 0.29) is 11.2 Å². The number of terminal acetylenes is 1. The van der Waals surface area contributed by atoms with Crippen molar-refractivity contribution in [2.45, 2.75) is 31.6 Å². The molecule has 5 rings (SSSR count). The number of aryl methyl sites for hydroxylation is 1. The molecule has 6 heteroatoms. The van der Waals surface area contributed by atoms with Gasteiger partial charge in [-0.3, -0.25) is 4.79 Å². The molecule has 2 aromatic carbocycles. The van der Waals surface area contributed by atoms with E-state index in [9.17, 15) is 4.79 Å². The molecule has 0 aliphatic carbocycles. The maximum Gasteiger partial charge on any atom is 0.260 e. The molecular weight excluding hydrogens is 456 g/mol. The first-order valence-electron chi connectivity index (χ1n) is 11.7. The first kappa shape index (κ1) is 23.2. The van der Waals surface area contributed by atoms with Crippen LogP contribution < -0.4 is 9.47 Å². The van der Waals surface area contributed by atoms with E-state index in [1.807, 2.05) is 47.5 Å². The van der Waals surface area contributed by atoms with Crippen LogP contribution in [0.25, 0.3) is 10.9 Å². The molecule has 0 saturated carbocycles. The Morgan fingerprint density at radius 1 is 1.17 bits per heavy atom. The second-order valence-electron chi connectivity index (χ2n) is 8.61. The van der Waals surface area contributed by atoms with Gasteiger partial charge < -0.3 is 18.9 Å². The zero-order chi connectivity index (χ0) is 24.5. The summed E-state index contributed by atoms with van der Waals surface area (Å²) >= 11 is 1.69. The lowest BCUT2D eigenvalue weighted by Gasteiger charge is -2.30. The fraction of sp³-hybridized carbons (Fsp3) is 0.276. The Bertz CT molecular complexity index is 1410. The number of aromatic nitrogens is 1. The summed E-state index contributed by atoms with van der Waals surface area (Å²) in [5, 5.41) is 1.07. The molecule has 1 amide bonds. The second kappa shape index (κ2) is 9.59. The molecule has 0 spiro atoms. The van der Waals surface area contributed by atoms with E-state index in [0.29, 0.717) is 24.5 Å². The van der Waals surface area contributed by atoms with Gasteiger partial charge in [-0.05, 0) is 42.7 Å². The molecule has 1 atom stereocenters. The maximum absolute atomic E-state index is 14.1. The second-order valence-corrected chi connectivity index (χ2v) is 9.82. The third-order valence-electron chi connectivity index (χ3n) is 6.68. The Hall–Kier alpha value is -3.56. The quantitative estimate of drug-likeness (QED) is 0.424. The van der Waals surface area contributed by atoms with Gasteiger partial charge in [0, 0.05) is 47.2 Å². The summed E-state index contributed by atoms with van der Waals surface area (Å²) in [4.78, 5) is 17.1. The highest BCUT2D eigenvalue weighted by Crippen LogP contribution is 2.47. The third kappa shape index (κ3) is 4.11. The van der Waals surface area contributed by atoms with E-state index in [4.69, 9.17) is 15.9 Å². The average molecular weight is 485 g/mol. The largest absolute Gasteiger partial charge is 0.493 e. The topological polar surface area (TPSA) is 43.7 Å². The number of amides is 1. The molecule has 1 fully saturated rings. The van der Waals surface area contributed by atoms with Gasteiger partial charge in [0.1, 0.15) is 0 Å². The van der Waals surface area contributed by atoms with Crippen molar-refractivity contribution in [1.29, 1.82) is 0 Å². The number of thioether (sulfide) groups is 1. The molecule has 35 heavy (non-hydrogen) atoms. The Balaban J connectivity index is 1.58. The number of allylic oxidation sites excluding steroid dienone is 2. The minimum atomic E-state index is 0.0106. The van der Waals surface area contributed by atoms with E-state index >= 15 is 0 Å². The van der Waals surface area contributed by atoms with Crippen molar-refractivity contribution >= 4 is 28.6 Å². The molecule has 1 aromatic heterocycles. The third-order valence-corrected chi connectivity index (χ3v) is 8.00. The summed E-state index contributed by atoms with van der Waals surface area (Å²) in [6.07, 6.45) is 11.4. The first-order chi connectivity index (χ1) is 17.1. The molecule has 0 radical (unpaired) electrons. The van der Waals surface area contributed by atoms with E-state index in [1.54, 1.807) is 26.0 Å². The van der Waals surface area contributed by atoms with Crippen LogP contribution in [0.4, 0.5) is 0 Å². The van der Waals surface area contributed by atoms with Crippen LogP contribution in [0.2, 0.25) is 0 Å². The van der Waals surface area contributed by atoms with Crippen LogP contribution in [0, 0.1) is 12.3 Å². The number of ether oxygens (including phenoxy) is 2. The first-order valence-corrected chi connectivity index (χ1v) is 12.6. The van der Waals surface area contributed by atoms with Crippen LogP contribution in [-0.2, 0) is 13.0 Å². The predicted octanol–water partition coefficient (Wildman–Crippen LogP) is 5.65. The molecule has 2 aliphatic heterocycles. The molecule has 1 unspecified atom stereocenters. The Morgan fingerprint density at radius 2 is 1.97 bits per heavy atom. The molecule has 3 aromatic rings. The summed E-state index contributed by atoms with van der Waals surface area (Å²) < 4.78 is 13.1. The molecular formula is C29H28N2O3S. The number of methoxy groups -OCH3 is 2. The van der Waals surface area contributed by atoms with E-state index in [0.717, 1.165) is 45.6 Å². The van der Waals surface area contributed by atoms with Gasteiger partial charge in [0.25, 0.3) is 5.91 Å². The zero-order valence-electron chi connectivity index (χ0n) is 20.2. The number of benzene rings is 2. The SMILES string of the molecule is C#CC1CC2=CCN(C(=O)c3cn(CC)c4ccccc34)C(Cc3ccc(OC)c(OC)c3)=C2S1. The normalized spacial score (nSPS) is 17.3. The van der Waals surface area contributed by atoms with Crippen LogP contribution in [0.1, 0.15) is 29.3 Å². The molecule has 3 heterocycles. The van der Waals surface area contributed by atoms with Crippen molar-refractivity contribution in [3.63, 3.8) is 0 Å². The van der Waals surface area contributed by atoms with Crippen LogP contribution in [0.15, 0.2) is 70.9 Å². The fourth-order valence-electron chi connectivity index (χ4n) is 4.90. The molecule has 1 saturated heterocycles. The summed E-state index contributed by atoms with van der Waals surface area (Å²) in [6, 6.07) is 14.0. The number of carbonyl (C=O) groups excluding carboxylic acids is 1. The average Bonchev–Trinajstić information content (AvgIpc) is 3.50. The Labute approximate surface area is 210 Å². The number of para-hydroxylation sites is 1. The number of hydrogen-bond donors (Lipinski definition) is 0. The van der Waals surface area contributed by atoms with Gasteiger partial charge in [0.05, 0.1) is 25.0 Å². The van der Waals surface area contributed by atoms with E-state index < -0.39 is 0 Å². The van der Waals surface area contributed by atoms with E-state index in [1.165, 1.54) is 5.57 Å². The fourth-order valence-corrected chi connectivity index (χ4v) is 6.15. The molecule has 5 nitrogen and oxygen atoms in total. The molecule has 0 N–H and O–H groups in total. The zero-order valence-corrected chi connectivity index (χ0v) is 21.0. The number of hydrogen-bond acceptors (Lipinski definition) is 4. The monoisotopic (exact) mass is 484 g/mol. The summed E-state index contributed by atoms with van der Waals surface area (Å²) in [5.41, 5.74) is 5.08. The summed E-state index contributed by atoms with van der Waals surface area (Å²) in [5.74, 6) is 4.26. The maximum atomic E-state index is 14.1. The number of rotatable bonds is 6. The van der Waals surface area contributed by atoms with Gasteiger partial charge in [-0.2, -0.15) is 0 Å². The van der Waals surface area contributed by atoms with Gasteiger partial charge in [-0.1, -0.05) is 36.3 Å². The van der Waals surface area contributed by atoms with Crippen molar-refractivity contribution in [1.82, 2.24) is 9.47 Å². The smallest absolute Gasteiger partial charge is 0.260 e. The van der Waals surface area contributed by atoms with E-state index in [2.05, 4.69) is 29.6 Å². The van der Waals surface area contributed by atoms with Crippen LogP contribution >= 0.6 is 11.8 Å². The standard InChI is InChI=1S/C29H28N2O3S/c1-5-21-17-20-13-14-31(29(32)23-18-30(6-2)24-10-8-7-9-22(23)24)25(28(20)35-21)15-19-11-12-26(33-3)27(16-19)34-4/h1,7-13,16,18,21H,6,14-15,17H2,2-4H3. The highest BCUT2D eigenvalue weighted by atomic mass is 32.2. The van der Waals surface area contributed by atoms with Crippen LogP contribution in [0.3, 0.4) is 0 Å². The highest BCUT2D eigenvalue weighted by Gasteiger charge is 2.34. The van der Waals surface area contributed by atoms with Crippen molar-refractivity contribution in [2.75, 3.05) is 20.8 Å². The Kier molecular flexibility index (Phi) is 6.36. The number of carbonyl (C=O) groups is 1.